The Balaban J connectivity index is 1.87. The van der Waals surface area contributed by atoms with Crippen LogP contribution in [0.5, 0.6) is 0 Å². The van der Waals surface area contributed by atoms with Gasteiger partial charge in [-0.3, -0.25) is 10.5 Å². The van der Waals surface area contributed by atoms with Crippen LogP contribution in [0.25, 0.3) is 0 Å². The Morgan fingerprint density at radius 1 is 1.26 bits per heavy atom. The maximum Gasteiger partial charge on any atom is 0.410 e. The van der Waals surface area contributed by atoms with Gasteiger partial charge < -0.3 is 19.7 Å². The van der Waals surface area contributed by atoms with Crippen LogP contribution in [-0.4, -0.2) is 48.2 Å². The van der Waals surface area contributed by atoms with Gasteiger partial charge in [-0.25, -0.2) is 9.59 Å². The second-order valence-electron chi connectivity index (χ2n) is 6.74. The normalized spacial score (nSPS) is 18.9. The number of amides is 2. The first-order valence-electron chi connectivity index (χ1n) is 9.07. The van der Waals surface area contributed by atoms with Gasteiger partial charge in [0.25, 0.3) is 0 Å². The van der Waals surface area contributed by atoms with Crippen molar-refractivity contribution in [3.8, 4) is 0 Å². The fraction of sp³-hybridized carbons (Fsp3) is 0.526. The van der Waals surface area contributed by atoms with Crippen LogP contribution in [0.4, 0.5) is 4.79 Å². The van der Waals surface area contributed by atoms with Crippen molar-refractivity contribution < 1.29 is 23.9 Å². The predicted molar refractivity (Wildman–Crippen MR) is 98.3 cm³/mol. The van der Waals surface area contributed by atoms with Gasteiger partial charge in [-0.15, -0.1) is 0 Å². The largest absolute Gasteiger partial charge is 0.463 e. The molecule has 1 heterocycles. The van der Waals surface area contributed by atoms with Gasteiger partial charge in [0.1, 0.15) is 6.61 Å². The summed E-state index contributed by atoms with van der Waals surface area (Å²) < 4.78 is 10.2. The van der Waals surface area contributed by atoms with Gasteiger partial charge in [0.05, 0.1) is 12.5 Å². The average molecular weight is 377 g/mol. The lowest BCUT2D eigenvalue weighted by Crippen LogP contribution is -2.62. The summed E-state index contributed by atoms with van der Waals surface area (Å²) >= 11 is 0. The van der Waals surface area contributed by atoms with E-state index in [-0.39, 0.29) is 25.7 Å². The van der Waals surface area contributed by atoms with E-state index in [0.717, 1.165) is 5.56 Å². The number of rotatable bonds is 6. The molecule has 1 aliphatic heterocycles. The van der Waals surface area contributed by atoms with Crippen molar-refractivity contribution in [3.63, 3.8) is 0 Å². The molecule has 1 aromatic carbocycles. The molecule has 27 heavy (non-hydrogen) atoms. The molecule has 148 valence electrons. The van der Waals surface area contributed by atoms with Crippen LogP contribution in [0.3, 0.4) is 0 Å². The minimum absolute atomic E-state index is 0.173. The second-order valence-corrected chi connectivity index (χ2v) is 6.74. The molecule has 0 saturated carbocycles. The van der Waals surface area contributed by atoms with Crippen molar-refractivity contribution in [1.29, 1.82) is 0 Å². The molecular formula is C19H27N3O5. The lowest BCUT2D eigenvalue weighted by Gasteiger charge is -2.33. The molecule has 0 radical (unpaired) electrons. The summed E-state index contributed by atoms with van der Waals surface area (Å²) in [5.74, 6) is -1.54. The van der Waals surface area contributed by atoms with E-state index in [4.69, 9.17) is 15.2 Å². The van der Waals surface area contributed by atoms with Crippen molar-refractivity contribution in [3.05, 3.63) is 35.9 Å². The maximum atomic E-state index is 12.5. The third-order valence-corrected chi connectivity index (χ3v) is 4.34. The van der Waals surface area contributed by atoms with E-state index in [1.165, 1.54) is 11.8 Å². The van der Waals surface area contributed by atoms with E-state index in [9.17, 15) is 14.4 Å². The molecule has 0 aromatic heterocycles. The molecule has 0 bridgehead atoms. The summed E-state index contributed by atoms with van der Waals surface area (Å²) in [5.41, 5.74) is 5.13. The zero-order chi connectivity index (χ0) is 19.9. The average Bonchev–Trinajstić information content (AvgIpc) is 2.67. The highest BCUT2D eigenvalue weighted by atomic mass is 16.6. The standard InChI is InChI=1S/C19H27N3O5/c1-3-26-17(24)19(2,20)21-16(23)15-10-7-11-22(12-15)18(25)27-13-14-8-5-4-6-9-14/h4-6,8-9,15H,3,7,10-13,20H2,1-2H3,(H,21,23)/t15-,19+/m1/s1. The predicted octanol–water partition coefficient (Wildman–Crippen LogP) is 1.39. The molecule has 2 rings (SSSR count). The van der Waals surface area contributed by atoms with Gasteiger partial charge in [0.2, 0.25) is 5.91 Å². The van der Waals surface area contributed by atoms with E-state index >= 15 is 0 Å². The number of carbonyl (C=O) groups excluding carboxylic acids is 3. The number of carbonyl (C=O) groups is 3. The number of hydrogen-bond donors (Lipinski definition) is 2. The van der Waals surface area contributed by atoms with Crippen LogP contribution >= 0.6 is 0 Å². The van der Waals surface area contributed by atoms with Crippen LogP contribution in [-0.2, 0) is 25.7 Å². The van der Waals surface area contributed by atoms with Crippen molar-refractivity contribution >= 4 is 18.0 Å². The molecule has 1 aliphatic rings. The van der Waals surface area contributed by atoms with Crippen molar-refractivity contribution in [2.24, 2.45) is 11.7 Å². The third kappa shape index (κ3) is 5.96. The smallest absolute Gasteiger partial charge is 0.410 e. The monoisotopic (exact) mass is 377 g/mol. The number of piperidine rings is 1. The van der Waals surface area contributed by atoms with Crippen molar-refractivity contribution in [1.82, 2.24) is 10.2 Å². The maximum absolute atomic E-state index is 12.5. The third-order valence-electron chi connectivity index (χ3n) is 4.34. The molecule has 1 aromatic rings. The minimum atomic E-state index is -1.61. The van der Waals surface area contributed by atoms with Gasteiger partial charge >= 0.3 is 12.1 Å². The molecule has 1 fully saturated rings. The minimum Gasteiger partial charge on any atom is -0.463 e. The van der Waals surface area contributed by atoms with Crippen LogP contribution in [0, 0.1) is 5.92 Å². The number of nitrogens with zero attached hydrogens (tertiary/aromatic N) is 1. The molecule has 8 nitrogen and oxygen atoms in total. The van der Waals surface area contributed by atoms with Crippen LogP contribution < -0.4 is 11.1 Å². The number of hydrogen-bond acceptors (Lipinski definition) is 6. The van der Waals surface area contributed by atoms with Crippen molar-refractivity contribution in [2.45, 2.75) is 39.0 Å². The Morgan fingerprint density at radius 2 is 1.96 bits per heavy atom. The zero-order valence-electron chi connectivity index (χ0n) is 15.8. The summed E-state index contributed by atoms with van der Waals surface area (Å²) in [5, 5.41) is 2.51. The molecule has 1 saturated heterocycles. The SMILES string of the molecule is CCOC(=O)[C@@](C)(N)NC(=O)[C@@H]1CCCN(C(=O)OCc2ccccc2)C1. The first-order valence-corrected chi connectivity index (χ1v) is 9.07. The fourth-order valence-corrected chi connectivity index (χ4v) is 2.86. The first-order chi connectivity index (χ1) is 12.8. The number of benzene rings is 1. The Labute approximate surface area is 159 Å². The first kappa shape index (κ1) is 20.7. The van der Waals surface area contributed by atoms with Gasteiger partial charge in [0.15, 0.2) is 5.66 Å². The van der Waals surface area contributed by atoms with Gasteiger partial charge in [-0.2, -0.15) is 0 Å². The number of esters is 1. The Morgan fingerprint density at radius 3 is 2.63 bits per heavy atom. The Bertz CT molecular complexity index is 663. The molecule has 0 spiro atoms. The van der Waals surface area contributed by atoms with Crippen LogP contribution in [0.15, 0.2) is 30.3 Å². The highest BCUT2D eigenvalue weighted by Gasteiger charge is 2.36. The lowest BCUT2D eigenvalue weighted by molar-refractivity contribution is -0.153. The van der Waals surface area contributed by atoms with E-state index in [1.807, 2.05) is 30.3 Å². The van der Waals surface area contributed by atoms with E-state index in [0.29, 0.717) is 19.4 Å². The zero-order valence-corrected chi connectivity index (χ0v) is 15.8. The van der Waals surface area contributed by atoms with Gasteiger partial charge in [0, 0.05) is 13.1 Å². The summed E-state index contributed by atoms with van der Waals surface area (Å²) in [6.07, 6.45) is 0.809. The second kappa shape index (κ2) is 9.36. The number of nitrogens with two attached hydrogens (primary N) is 1. The highest BCUT2D eigenvalue weighted by molar-refractivity contribution is 5.88. The number of ether oxygens (including phenoxy) is 2. The van der Waals surface area contributed by atoms with Crippen molar-refractivity contribution in [2.75, 3.05) is 19.7 Å². The van der Waals surface area contributed by atoms with Gasteiger partial charge in [-0.05, 0) is 32.3 Å². The highest BCUT2D eigenvalue weighted by Crippen LogP contribution is 2.19. The fourth-order valence-electron chi connectivity index (χ4n) is 2.86. The molecule has 2 atom stereocenters. The van der Waals surface area contributed by atoms with Gasteiger partial charge in [-0.1, -0.05) is 30.3 Å². The Kier molecular flexibility index (Phi) is 7.18. The molecule has 0 unspecified atom stereocenters. The molecule has 8 heteroatoms. The Hall–Kier alpha value is -2.61. The van der Waals surface area contributed by atoms with E-state index in [1.54, 1.807) is 6.92 Å². The van der Waals surface area contributed by atoms with Crippen LogP contribution in [0.2, 0.25) is 0 Å². The quantitative estimate of drug-likeness (QED) is 0.572. The topological polar surface area (TPSA) is 111 Å². The number of likely N-dealkylation sites (tertiary alicyclic amines) is 1. The number of nitrogens with one attached hydrogen (secondary N) is 1. The van der Waals surface area contributed by atoms with Crippen LogP contribution in [0.1, 0.15) is 32.3 Å². The molecule has 0 aliphatic carbocycles. The summed E-state index contributed by atoms with van der Waals surface area (Å²) in [6.45, 7) is 4.14. The van der Waals surface area contributed by atoms with E-state index < -0.39 is 23.6 Å². The molecule has 2 amide bonds. The molecular weight excluding hydrogens is 350 g/mol. The lowest BCUT2D eigenvalue weighted by atomic mass is 9.96. The molecule has 3 N–H and O–H groups in total. The van der Waals surface area contributed by atoms with E-state index in [2.05, 4.69) is 5.32 Å². The summed E-state index contributed by atoms with van der Waals surface area (Å²) in [6, 6.07) is 9.38. The summed E-state index contributed by atoms with van der Waals surface area (Å²) in [4.78, 5) is 38.1. The summed E-state index contributed by atoms with van der Waals surface area (Å²) in [7, 11) is 0.